The highest BCUT2D eigenvalue weighted by molar-refractivity contribution is 14.1. The summed E-state index contributed by atoms with van der Waals surface area (Å²) in [5.74, 6) is 2.38. The van der Waals surface area contributed by atoms with Crippen LogP contribution in [0.25, 0.3) is 10.2 Å². The molecule has 2 aromatic heterocycles. The lowest BCUT2D eigenvalue weighted by molar-refractivity contribution is 0.102. The number of methoxy groups -OCH3 is 3. The summed E-state index contributed by atoms with van der Waals surface area (Å²) in [6, 6.07) is 9.32. The Morgan fingerprint density at radius 1 is 1.03 bits per heavy atom. The molecule has 0 aliphatic rings. The molecule has 0 fully saturated rings. The molecular weight excluding hydrogens is 555 g/mol. The Morgan fingerprint density at radius 3 is 2.42 bits per heavy atom. The molecule has 33 heavy (non-hydrogen) atoms. The smallest absolute Gasteiger partial charge is 0.258 e. The molecule has 4 aromatic rings. The van der Waals surface area contributed by atoms with Crippen molar-refractivity contribution in [2.45, 2.75) is 6.92 Å². The normalized spacial score (nSPS) is 10.7. The molecule has 2 aromatic carbocycles. The van der Waals surface area contributed by atoms with Crippen molar-refractivity contribution < 1.29 is 19.0 Å². The molecule has 0 unspecified atom stereocenters. The number of anilines is 3. The van der Waals surface area contributed by atoms with Crippen molar-refractivity contribution in [3.05, 3.63) is 56.7 Å². The van der Waals surface area contributed by atoms with Gasteiger partial charge in [-0.3, -0.25) is 4.79 Å². The van der Waals surface area contributed by atoms with E-state index in [4.69, 9.17) is 14.2 Å². The lowest BCUT2D eigenvalue weighted by Gasteiger charge is -2.16. The standard InChI is InChI=1S/C23H21IN4O4S/c1-12-16(31-3)9-17(32-4)18(24)19(12)28-23(29)15-10-33-21-20(15)25-11-26-22(21)27-13-5-7-14(30-2)8-6-13/h5-11H,1-4H3,(H,28,29)(H,25,26,27). The summed E-state index contributed by atoms with van der Waals surface area (Å²) < 4.78 is 17.7. The Bertz CT molecular complexity index is 1300. The van der Waals surface area contributed by atoms with Gasteiger partial charge in [0.2, 0.25) is 0 Å². The maximum atomic E-state index is 13.2. The summed E-state index contributed by atoms with van der Waals surface area (Å²) >= 11 is 3.56. The van der Waals surface area contributed by atoms with Crippen LogP contribution in [0.4, 0.5) is 17.2 Å². The van der Waals surface area contributed by atoms with E-state index in [1.54, 1.807) is 32.8 Å². The summed E-state index contributed by atoms with van der Waals surface area (Å²) in [5.41, 5.74) is 3.34. The fourth-order valence-corrected chi connectivity index (χ4v) is 5.16. The van der Waals surface area contributed by atoms with Crippen LogP contribution in [0.3, 0.4) is 0 Å². The van der Waals surface area contributed by atoms with Gasteiger partial charge < -0.3 is 24.8 Å². The molecule has 0 spiro atoms. The molecule has 1 amide bonds. The van der Waals surface area contributed by atoms with Crippen molar-refractivity contribution in [1.29, 1.82) is 0 Å². The van der Waals surface area contributed by atoms with Crippen LogP contribution < -0.4 is 24.8 Å². The minimum atomic E-state index is -0.272. The number of amides is 1. The number of nitrogens with zero attached hydrogens (tertiary/aromatic N) is 2. The number of thiophene rings is 1. The summed E-state index contributed by atoms with van der Waals surface area (Å²) in [7, 11) is 4.79. The van der Waals surface area contributed by atoms with Gasteiger partial charge in [0.1, 0.15) is 23.6 Å². The van der Waals surface area contributed by atoms with Crippen LogP contribution in [-0.4, -0.2) is 37.2 Å². The Kier molecular flexibility index (Phi) is 6.84. The van der Waals surface area contributed by atoms with Crippen LogP contribution in [0.1, 0.15) is 15.9 Å². The van der Waals surface area contributed by atoms with E-state index in [-0.39, 0.29) is 5.91 Å². The third kappa shape index (κ3) is 4.53. The summed E-state index contributed by atoms with van der Waals surface area (Å²) in [5, 5.41) is 8.08. The Labute approximate surface area is 208 Å². The van der Waals surface area contributed by atoms with Gasteiger partial charge in [-0.05, 0) is 53.8 Å². The number of halogens is 1. The number of nitrogens with one attached hydrogen (secondary N) is 2. The number of carbonyl (C=O) groups excluding carboxylic acids is 1. The van der Waals surface area contributed by atoms with E-state index in [0.29, 0.717) is 34.1 Å². The van der Waals surface area contributed by atoms with Crippen LogP contribution in [0.2, 0.25) is 0 Å². The van der Waals surface area contributed by atoms with E-state index >= 15 is 0 Å². The van der Waals surface area contributed by atoms with Crippen LogP contribution in [0.15, 0.2) is 42.0 Å². The molecule has 8 nitrogen and oxygen atoms in total. The fraction of sp³-hybridized carbons (Fsp3) is 0.174. The Balaban J connectivity index is 1.66. The summed E-state index contributed by atoms with van der Waals surface area (Å²) in [6.07, 6.45) is 1.45. The number of aromatic nitrogens is 2. The minimum absolute atomic E-state index is 0.272. The van der Waals surface area contributed by atoms with Crippen LogP contribution in [0, 0.1) is 10.5 Å². The third-order valence-electron chi connectivity index (χ3n) is 5.07. The molecule has 170 valence electrons. The molecule has 2 N–H and O–H groups in total. The molecule has 2 heterocycles. The lowest BCUT2D eigenvalue weighted by Crippen LogP contribution is -2.14. The average Bonchev–Trinajstić information content (AvgIpc) is 3.28. The molecule has 0 atom stereocenters. The predicted octanol–water partition coefficient (Wildman–Crippen LogP) is 5.63. The van der Waals surface area contributed by atoms with E-state index in [2.05, 4.69) is 43.2 Å². The summed E-state index contributed by atoms with van der Waals surface area (Å²) in [4.78, 5) is 22.0. The van der Waals surface area contributed by atoms with Crippen molar-refractivity contribution in [3.8, 4) is 17.2 Å². The first-order valence-corrected chi connectivity index (χ1v) is 11.8. The molecule has 4 rings (SSSR count). The van der Waals surface area contributed by atoms with E-state index < -0.39 is 0 Å². The van der Waals surface area contributed by atoms with Gasteiger partial charge in [-0.1, -0.05) is 0 Å². The van der Waals surface area contributed by atoms with Crippen LogP contribution in [-0.2, 0) is 0 Å². The van der Waals surface area contributed by atoms with Gasteiger partial charge in [0, 0.05) is 22.7 Å². The molecule has 10 heteroatoms. The lowest BCUT2D eigenvalue weighted by atomic mass is 10.1. The highest BCUT2D eigenvalue weighted by Gasteiger charge is 2.21. The molecular formula is C23H21IN4O4S. The van der Waals surface area contributed by atoms with Crippen molar-refractivity contribution in [2.75, 3.05) is 32.0 Å². The number of hydrogen-bond donors (Lipinski definition) is 2. The molecule has 0 saturated carbocycles. The molecule has 0 saturated heterocycles. The van der Waals surface area contributed by atoms with Crippen molar-refractivity contribution >= 4 is 67.2 Å². The quantitative estimate of drug-likeness (QED) is 0.276. The first-order chi connectivity index (χ1) is 16.0. The maximum absolute atomic E-state index is 13.2. The van der Waals surface area contributed by atoms with Gasteiger partial charge >= 0.3 is 0 Å². The maximum Gasteiger partial charge on any atom is 0.258 e. The van der Waals surface area contributed by atoms with E-state index in [9.17, 15) is 4.79 Å². The van der Waals surface area contributed by atoms with Crippen molar-refractivity contribution in [1.82, 2.24) is 9.97 Å². The molecule has 0 aliphatic heterocycles. The third-order valence-corrected chi connectivity index (χ3v) is 7.12. The van der Waals surface area contributed by atoms with Gasteiger partial charge in [0.15, 0.2) is 5.82 Å². The number of benzene rings is 2. The first kappa shape index (κ1) is 23.1. The van der Waals surface area contributed by atoms with Gasteiger partial charge in [-0.25, -0.2) is 9.97 Å². The Hall–Kier alpha value is -3.12. The van der Waals surface area contributed by atoms with E-state index in [1.165, 1.54) is 17.7 Å². The number of ether oxygens (including phenoxy) is 3. The van der Waals surface area contributed by atoms with Gasteiger partial charge in [-0.2, -0.15) is 0 Å². The van der Waals surface area contributed by atoms with Crippen molar-refractivity contribution in [2.24, 2.45) is 0 Å². The van der Waals surface area contributed by atoms with Gasteiger partial charge in [-0.15, -0.1) is 11.3 Å². The summed E-state index contributed by atoms with van der Waals surface area (Å²) in [6.45, 7) is 1.89. The largest absolute Gasteiger partial charge is 0.497 e. The predicted molar refractivity (Wildman–Crippen MR) is 139 cm³/mol. The molecule has 0 bridgehead atoms. The number of hydrogen-bond acceptors (Lipinski definition) is 8. The van der Waals surface area contributed by atoms with Gasteiger partial charge in [0.05, 0.1) is 46.4 Å². The van der Waals surface area contributed by atoms with Crippen molar-refractivity contribution in [3.63, 3.8) is 0 Å². The second kappa shape index (κ2) is 9.79. The first-order valence-electron chi connectivity index (χ1n) is 9.82. The fourth-order valence-electron chi connectivity index (χ4n) is 3.30. The minimum Gasteiger partial charge on any atom is -0.497 e. The van der Waals surface area contributed by atoms with Crippen LogP contribution in [0.5, 0.6) is 17.2 Å². The SMILES string of the molecule is COc1ccc(Nc2ncnc3c(C(=O)Nc4c(C)c(OC)cc(OC)c4I)csc23)cc1. The van der Waals surface area contributed by atoms with E-state index in [1.807, 2.05) is 31.2 Å². The number of fused-ring (bicyclic) bond motifs is 1. The number of carbonyl (C=O) groups is 1. The zero-order valence-electron chi connectivity index (χ0n) is 18.4. The topological polar surface area (TPSA) is 94.6 Å². The number of rotatable bonds is 7. The highest BCUT2D eigenvalue weighted by atomic mass is 127. The van der Waals surface area contributed by atoms with E-state index in [0.717, 1.165) is 25.3 Å². The molecule has 0 radical (unpaired) electrons. The monoisotopic (exact) mass is 576 g/mol. The zero-order valence-corrected chi connectivity index (χ0v) is 21.3. The average molecular weight is 576 g/mol. The zero-order chi connectivity index (χ0) is 23.5. The second-order valence-corrected chi connectivity index (χ2v) is 8.91. The van der Waals surface area contributed by atoms with Crippen LogP contribution >= 0.6 is 33.9 Å². The highest BCUT2D eigenvalue weighted by Crippen LogP contribution is 2.39. The van der Waals surface area contributed by atoms with Gasteiger partial charge in [0.25, 0.3) is 5.91 Å². The molecule has 0 aliphatic carbocycles. The Morgan fingerprint density at radius 2 is 1.76 bits per heavy atom. The second-order valence-electron chi connectivity index (χ2n) is 6.95.